The Labute approximate surface area is 270 Å². The van der Waals surface area contributed by atoms with E-state index in [-0.39, 0.29) is 0 Å². The molecule has 9 nitrogen and oxygen atoms in total. The van der Waals surface area contributed by atoms with Crippen LogP contribution in [-0.4, -0.2) is 30.4 Å². The first kappa shape index (κ1) is 32.8. The zero-order valence-corrected chi connectivity index (χ0v) is 26.0. The number of nitrogens with zero attached hydrogens (tertiary/aromatic N) is 6. The summed E-state index contributed by atoms with van der Waals surface area (Å²) < 4.78 is 0. The molecule has 0 atom stereocenters. The molecule has 1 aromatic carbocycles. The van der Waals surface area contributed by atoms with Gasteiger partial charge in [-0.15, -0.1) is 0 Å². The molecule has 0 saturated heterocycles. The van der Waals surface area contributed by atoms with Crippen molar-refractivity contribution in [2.45, 2.75) is 26.7 Å². The minimum Gasteiger partial charge on any atom is -0.405 e. The van der Waals surface area contributed by atoms with Crippen molar-refractivity contribution >= 4 is 11.1 Å². The first-order valence-electron chi connectivity index (χ1n) is 14.9. The van der Waals surface area contributed by atoms with Gasteiger partial charge in [-0.2, -0.15) is 20.4 Å². The van der Waals surface area contributed by atoms with Crippen LogP contribution in [0.15, 0.2) is 152 Å². The second kappa shape index (κ2) is 17.9. The van der Waals surface area contributed by atoms with E-state index in [1.807, 2.05) is 98.8 Å². The smallest absolute Gasteiger partial charge is 0.308 e. The van der Waals surface area contributed by atoms with Gasteiger partial charge in [-0.1, -0.05) is 70.7 Å². The lowest BCUT2D eigenvalue weighted by atomic mass is 10.0. The number of allylic oxidation sites excluding steroid dienone is 14. The van der Waals surface area contributed by atoms with Crippen LogP contribution in [0.4, 0.5) is 0 Å². The van der Waals surface area contributed by atoms with Crippen molar-refractivity contribution in [3.05, 3.63) is 174 Å². The summed E-state index contributed by atoms with van der Waals surface area (Å²) in [5.41, 5.74) is 18.2. The van der Waals surface area contributed by atoms with Crippen molar-refractivity contribution in [1.82, 2.24) is 30.4 Å². The Bertz CT molecular complexity index is 1800. The number of H-pyrrole nitrogens is 1. The summed E-state index contributed by atoms with van der Waals surface area (Å²) in [5, 5.41) is 15.5. The Hall–Kier alpha value is -6.09. The monoisotopic (exact) mass is 608 g/mol. The van der Waals surface area contributed by atoms with Crippen LogP contribution in [0.5, 0.6) is 0 Å². The number of benzene rings is 1. The average Bonchev–Trinajstić information content (AvgIpc) is 3.11. The van der Waals surface area contributed by atoms with Gasteiger partial charge in [0.25, 0.3) is 11.6 Å². The highest BCUT2D eigenvalue weighted by molar-refractivity contribution is 5.78. The number of aromatic nitrogens is 7. The zero-order chi connectivity index (χ0) is 32.4. The van der Waals surface area contributed by atoms with E-state index in [0.717, 1.165) is 51.8 Å². The third-order valence-electron chi connectivity index (χ3n) is 6.87. The van der Waals surface area contributed by atoms with E-state index < -0.39 is 0 Å². The molecule has 0 aliphatic carbocycles. The summed E-state index contributed by atoms with van der Waals surface area (Å²) in [7, 11) is 0. The Morgan fingerprint density at radius 2 is 1.41 bits per heavy atom. The Morgan fingerprint density at radius 1 is 0.761 bits per heavy atom. The van der Waals surface area contributed by atoms with Crippen LogP contribution in [0.1, 0.15) is 36.6 Å². The summed E-state index contributed by atoms with van der Waals surface area (Å²) in [6, 6.07) is 13.9. The number of nitrogens with one attached hydrogen (secondary N) is 1. The minimum atomic E-state index is 0.534. The molecule has 0 saturated carbocycles. The Balaban J connectivity index is 1.74. The maximum Gasteiger partial charge on any atom is 0.308 e. The van der Waals surface area contributed by atoms with Gasteiger partial charge >= 0.3 is 5.82 Å². The van der Waals surface area contributed by atoms with Gasteiger partial charge in [0, 0.05) is 24.2 Å². The fourth-order valence-electron chi connectivity index (χ4n) is 4.39. The predicted octanol–water partition coefficient (Wildman–Crippen LogP) is 5.74. The van der Waals surface area contributed by atoms with E-state index in [9.17, 15) is 0 Å². The molecule has 0 aliphatic rings. The van der Waals surface area contributed by atoms with Gasteiger partial charge in [-0.05, 0) is 97.7 Å². The molecule has 3 heterocycles. The third-order valence-corrected chi connectivity index (χ3v) is 6.87. The molecular formula is C37H38N9+. The number of nitrogens with two attached hydrogens (primary N) is 2. The highest BCUT2D eigenvalue weighted by Crippen LogP contribution is 2.25. The predicted molar refractivity (Wildman–Crippen MR) is 184 cm³/mol. The first-order chi connectivity index (χ1) is 22.6. The fraction of sp³-hybridized carbons (Fsp3) is 0.108. The number of hydrogen-bond donors (Lipinski definition) is 2. The molecule has 0 bridgehead atoms. The maximum atomic E-state index is 6.02. The van der Waals surface area contributed by atoms with Crippen LogP contribution in [0.3, 0.4) is 0 Å². The van der Waals surface area contributed by atoms with E-state index in [0.29, 0.717) is 17.5 Å². The van der Waals surface area contributed by atoms with E-state index in [1.165, 1.54) is 12.4 Å². The summed E-state index contributed by atoms with van der Waals surface area (Å²) in [6.45, 7) is 3.96. The number of rotatable bonds is 13. The van der Waals surface area contributed by atoms with Crippen molar-refractivity contribution in [2.24, 2.45) is 11.5 Å². The molecule has 9 heteroatoms. The standard InChI is InChI=1S/C37H37N9/c1-3-31(15-9-4-7-13-29-20-23-40-42-26-29)35-44-36(32-16-10-6-11-17-32)46-37(45-35)34(28(2)33(25-39)19-22-38)18-12-5-8-14-30-21-24-41-43-27-30/h3-12,15-27H,13-14,38-39H2,1-2H3/p+1. The molecule has 0 unspecified atom stereocenters. The van der Waals surface area contributed by atoms with Crippen LogP contribution < -0.4 is 16.5 Å². The van der Waals surface area contributed by atoms with Crippen molar-refractivity contribution in [3.8, 4) is 11.4 Å². The lowest BCUT2D eigenvalue weighted by molar-refractivity contribution is -0.377. The summed E-state index contributed by atoms with van der Waals surface area (Å²) >= 11 is 0. The quantitative estimate of drug-likeness (QED) is 0.183. The molecule has 0 aliphatic heterocycles. The molecular weight excluding hydrogens is 570 g/mol. The van der Waals surface area contributed by atoms with E-state index in [4.69, 9.17) is 21.4 Å². The molecule has 0 spiro atoms. The van der Waals surface area contributed by atoms with Gasteiger partial charge in [0.15, 0.2) is 0 Å². The summed E-state index contributed by atoms with van der Waals surface area (Å²) in [6.07, 6.45) is 31.2. The van der Waals surface area contributed by atoms with Crippen molar-refractivity contribution < 1.29 is 4.98 Å². The number of aromatic amines is 1. The molecule has 0 fully saturated rings. The average molecular weight is 609 g/mol. The molecule has 0 amide bonds. The molecule has 0 radical (unpaired) electrons. The molecule has 230 valence electrons. The molecule has 3 aromatic heterocycles. The zero-order valence-electron chi connectivity index (χ0n) is 26.0. The Kier molecular flexibility index (Phi) is 12.8. The largest absolute Gasteiger partial charge is 0.405 e. The number of hydrogen-bond acceptors (Lipinski definition) is 8. The van der Waals surface area contributed by atoms with E-state index in [2.05, 4.69) is 37.5 Å². The van der Waals surface area contributed by atoms with Crippen LogP contribution in [-0.2, 0) is 12.8 Å². The van der Waals surface area contributed by atoms with Crippen molar-refractivity contribution in [3.63, 3.8) is 0 Å². The van der Waals surface area contributed by atoms with Crippen LogP contribution in [0.2, 0.25) is 0 Å². The van der Waals surface area contributed by atoms with Gasteiger partial charge < -0.3 is 11.5 Å². The van der Waals surface area contributed by atoms with Gasteiger partial charge in [-0.25, -0.2) is 4.98 Å². The molecule has 4 aromatic rings. The van der Waals surface area contributed by atoms with Gasteiger partial charge in [0.2, 0.25) is 0 Å². The topological polar surface area (TPSA) is 144 Å². The fourth-order valence-corrected chi connectivity index (χ4v) is 4.39. The normalized spacial score (nSPS) is 13.5. The first-order valence-corrected chi connectivity index (χ1v) is 14.9. The molecule has 5 N–H and O–H groups in total. The lowest BCUT2D eigenvalue weighted by Gasteiger charge is -2.07. The lowest BCUT2D eigenvalue weighted by Crippen LogP contribution is -2.20. The highest BCUT2D eigenvalue weighted by Gasteiger charge is 2.22. The van der Waals surface area contributed by atoms with Crippen molar-refractivity contribution in [2.75, 3.05) is 0 Å². The van der Waals surface area contributed by atoms with Gasteiger partial charge in [-0.3, -0.25) is 0 Å². The van der Waals surface area contributed by atoms with Crippen LogP contribution >= 0.6 is 0 Å². The van der Waals surface area contributed by atoms with Crippen LogP contribution in [0, 0.1) is 0 Å². The summed E-state index contributed by atoms with van der Waals surface area (Å²) in [5.74, 6) is 1.88. The molecule has 4 rings (SSSR count). The van der Waals surface area contributed by atoms with Crippen LogP contribution in [0.25, 0.3) is 22.5 Å². The molecule has 46 heavy (non-hydrogen) atoms. The SMILES string of the molecule is CC=C(C=CC=CCc1ccnnc1)c1nc(C(C=CC=CCc2ccnnc2)=C(C)C(C=CN)=CN)nc(-c2ccccc2)[nH+]1. The van der Waals surface area contributed by atoms with E-state index in [1.54, 1.807) is 30.9 Å². The van der Waals surface area contributed by atoms with Crippen molar-refractivity contribution in [1.29, 1.82) is 0 Å². The summed E-state index contributed by atoms with van der Waals surface area (Å²) in [4.78, 5) is 13.5. The second-order valence-corrected chi connectivity index (χ2v) is 9.98. The minimum absolute atomic E-state index is 0.534. The third kappa shape index (κ3) is 9.72. The second-order valence-electron chi connectivity index (χ2n) is 9.98. The Morgan fingerprint density at radius 3 is 1.98 bits per heavy atom. The highest BCUT2D eigenvalue weighted by atomic mass is 15.1. The van der Waals surface area contributed by atoms with E-state index >= 15 is 0 Å². The van der Waals surface area contributed by atoms with Gasteiger partial charge in [0.05, 0.1) is 23.5 Å². The maximum absolute atomic E-state index is 6.02. The van der Waals surface area contributed by atoms with Gasteiger partial charge in [0.1, 0.15) is 0 Å².